The Morgan fingerprint density at radius 2 is 2.04 bits per heavy atom. The van der Waals surface area contributed by atoms with E-state index in [9.17, 15) is 4.79 Å². The number of rotatable bonds is 3. The molecule has 1 aromatic carbocycles. The molecule has 1 N–H and O–H groups in total. The fourth-order valence-electron chi connectivity index (χ4n) is 3.82. The summed E-state index contributed by atoms with van der Waals surface area (Å²) in [6, 6.07) is 8.43. The zero-order chi connectivity index (χ0) is 17.2. The highest BCUT2D eigenvalue weighted by atomic mass is 16.5. The zero-order valence-electron chi connectivity index (χ0n) is 14.7. The average Bonchev–Trinajstić information content (AvgIpc) is 3.34. The van der Waals surface area contributed by atoms with Crippen molar-refractivity contribution in [2.75, 3.05) is 13.2 Å². The van der Waals surface area contributed by atoms with Gasteiger partial charge in [-0.05, 0) is 44.6 Å². The molecule has 0 radical (unpaired) electrons. The van der Waals surface area contributed by atoms with E-state index >= 15 is 0 Å². The lowest BCUT2D eigenvalue weighted by Gasteiger charge is -2.35. The molecule has 2 atom stereocenters. The first-order valence-corrected chi connectivity index (χ1v) is 9.26. The molecule has 3 heterocycles. The highest BCUT2D eigenvalue weighted by Gasteiger charge is 2.35. The number of carbonyl (C=O) groups excluding carboxylic acids is 1. The van der Waals surface area contributed by atoms with Gasteiger partial charge < -0.3 is 14.6 Å². The molecule has 2 aromatic rings. The minimum Gasteiger partial charge on any atom is -0.368 e. The van der Waals surface area contributed by atoms with Gasteiger partial charge in [0.15, 0.2) is 0 Å². The fraction of sp³-hybridized carbons (Fsp3) is 0.500. The van der Waals surface area contributed by atoms with Crippen molar-refractivity contribution < 1.29 is 9.53 Å². The number of ether oxygens (including phenoxy) is 1. The van der Waals surface area contributed by atoms with Crippen LogP contribution in [0.5, 0.6) is 0 Å². The molecule has 0 aliphatic carbocycles. The number of imidazole rings is 1. The second-order valence-corrected chi connectivity index (χ2v) is 7.09. The first-order valence-electron chi connectivity index (χ1n) is 9.26. The summed E-state index contributed by atoms with van der Waals surface area (Å²) in [6.45, 7) is 3.58. The number of nitrogens with zero attached hydrogens (tertiary/aromatic N) is 2. The summed E-state index contributed by atoms with van der Waals surface area (Å²) in [5.41, 5.74) is 3.37. The van der Waals surface area contributed by atoms with Gasteiger partial charge in [0.05, 0.1) is 17.9 Å². The lowest BCUT2D eigenvalue weighted by atomic mass is 10.0. The number of aryl methyl sites for hydroxylation is 1. The Kier molecular flexibility index (Phi) is 4.57. The predicted octanol–water partition coefficient (Wildman–Crippen LogP) is 3.62. The first kappa shape index (κ1) is 16.3. The fourth-order valence-corrected chi connectivity index (χ4v) is 3.82. The van der Waals surface area contributed by atoms with E-state index in [0.717, 1.165) is 55.7 Å². The summed E-state index contributed by atoms with van der Waals surface area (Å²) < 4.78 is 5.62. The van der Waals surface area contributed by atoms with Crippen LogP contribution >= 0.6 is 0 Å². The normalized spacial score (nSPS) is 23.8. The molecule has 0 spiro atoms. The maximum atomic E-state index is 12.9. The number of carbonyl (C=O) groups is 1. The van der Waals surface area contributed by atoms with E-state index in [0.29, 0.717) is 6.61 Å². The lowest BCUT2D eigenvalue weighted by molar-refractivity contribution is -0.145. The third kappa shape index (κ3) is 3.33. The number of nitrogens with one attached hydrogen (secondary N) is 1. The van der Waals surface area contributed by atoms with Crippen LogP contribution in [0.2, 0.25) is 0 Å². The molecule has 2 fully saturated rings. The van der Waals surface area contributed by atoms with Gasteiger partial charge in [0.1, 0.15) is 11.9 Å². The molecule has 5 nitrogen and oxygen atoms in total. The van der Waals surface area contributed by atoms with Crippen molar-refractivity contribution in [1.29, 1.82) is 0 Å². The van der Waals surface area contributed by atoms with Crippen LogP contribution in [-0.2, 0) is 9.53 Å². The number of amides is 1. The molecular formula is C20H25N3O2. The van der Waals surface area contributed by atoms with Gasteiger partial charge in [-0.3, -0.25) is 4.79 Å². The Balaban J connectivity index is 1.56. The predicted molar refractivity (Wildman–Crippen MR) is 96.0 cm³/mol. The number of likely N-dealkylation sites (tertiary alicyclic amines) is 1. The number of piperidine rings is 1. The van der Waals surface area contributed by atoms with Crippen LogP contribution in [0.1, 0.15) is 49.5 Å². The number of aromatic nitrogens is 2. The van der Waals surface area contributed by atoms with E-state index in [1.54, 1.807) is 0 Å². The van der Waals surface area contributed by atoms with Crippen LogP contribution in [0.15, 0.2) is 30.5 Å². The van der Waals surface area contributed by atoms with E-state index in [1.165, 1.54) is 5.56 Å². The van der Waals surface area contributed by atoms with Gasteiger partial charge in [-0.25, -0.2) is 4.98 Å². The first-order chi connectivity index (χ1) is 12.2. The van der Waals surface area contributed by atoms with Gasteiger partial charge in [0.25, 0.3) is 5.91 Å². The van der Waals surface area contributed by atoms with Crippen LogP contribution in [0.3, 0.4) is 0 Å². The highest BCUT2D eigenvalue weighted by Crippen LogP contribution is 2.32. The van der Waals surface area contributed by atoms with Gasteiger partial charge in [-0.1, -0.05) is 29.8 Å². The average molecular weight is 339 g/mol. The van der Waals surface area contributed by atoms with Crippen LogP contribution in [0.25, 0.3) is 11.3 Å². The summed E-state index contributed by atoms with van der Waals surface area (Å²) in [5, 5.41) is 0. The Labute approximate surface area is 148 Å². The van der Waals surface area contributed by atoms with E-state index in [1.807, 2.05) is 11.1 Å². The number of hydrogen-bond acceptors (Lipinski definition) is 3. The van der Waals surface area contributed by atoms with Crippen LogP contribution < -0.4 is 0 Å². The Morgan fingerprint density at radius 1 is 1.20 bits per heavy atom. The number of aromatic amines is 1. The molecule has 5 heteroatoms. The molecule has 132 valence electrons. The maximum Gasteiger partial charge on any atom is 0.252 e. The van der Waals surface area contributed by atoms with Crippen LogP contribution in [-0.4, -0.2) is 40.0 Å². The molecule has 0 bridgehead atoms. The minimum absolute atomic E-state index is 0.0321. The Bertz CT molecular complexity index is 732. The van der Waals surface area contributed by atoms with E-state index < -0.39 is 0 Å². The van der Waals surface area contributed by atoms with Gasteiger partial charge in [0.2, 0.25) is 0 Å². The molecule has 1 aromatic heterocycles. The quantitative estimate of drug-likeness (QED) is 0.929. The third-order valence-corrected chi connectivity index (χ3v) is 5.26. The second kappa shape index (κ2) is 7.00. The Hall–Kier alpha value is -2.14. The van der Waals surface area contributed by atoms with Gasteiger partial charge in [-0.2, -0.15) is 0 Å². The third-order valence-electron chi connectivity index (χ3n) is 5.26. The molecular weight excluding hydrogens is 314 g/mol. The molecule has 0 saturated carbocycles. The van der Waals surface area contributed by atoms with Crippen molar-refractivity contribution in [3.05, 3.63) is 41.9 Å². The highest BCUT2D eigenvalue weighted by molar-refractivity contribution is 5.81. The molecule has 1 amide bonds. The second-order valence-electron chi connectivity index (χ2n) is 7.09. The van der Waals surface area contributed by atoms with E-state index in [2.05, 4.69) is 41.2 Å². The lowest BCUT2D eigenvalue weighted by Crippen LogP contribution is -2.44. The molecule has 25 heavy (non-hydrogen) atoms. The topological polar surface area (TPSA) is 58.2 Å². The largest absolute Gasteiger partial charge is 0.368 e. The van der Waals surface area contributed by atoms with Gasteiger partial charge >= 0.3 is 0 Å². The maximum absolute atomic E-state index is 12.9. The molecule has 2 saturated heterocycles. The molecule has 0 unspecified atom stereocenters. The van der Waals surface area contributed by atoms with Gasteiger partial charge in [0, 0.05) is 13.2 Å². The van der Waals surface area contributed by atoms with Crippen molar-refractivity contribution in [2.24, 2.45) is 0 Å². The molecule has 2 aliphatic rings. The summed E-state index contributed by atoms with van der Waals surface area (Å²) in [6.07, 6.45) is 6.58. The minimum atomic E-state index is -0.257. The number of H-pyrrole nitrogens is 1. The number of hydrogen-bond donors (Lipinski definition) is 1. The monoisotopic (exact) mass is 339 g/mol. The Morgan fingerprint density at radius 3 is 2.80 bits per heavy atom. The van der Waals surface area contributed by atoms with Crippen molar-refractivity contribution in [3.63, 3.8) is 0 Å². The smallest absolute Gasteiger partial charge is 0.252 e. The molecule has 4 rings (SSSR count). The van der Waals surface area contributed by atoms with E-state index in [-0.39, 0.29) is 18.1 Å². The van der Waals surface area contributed by atoms with Crippen molar-refractivity contribution in [3.8, 4) is 11.3 Å². The SMILES string of the molecule is Cc1ccc(-c2cnc([C@H]3CCCCN3C(=O)[C@H]3CCCO3)[nH]2)cc1. The molecule has 2 aliphatic heterocycles. The van der Waals surface area contributed by atoms with Crippen LogP contribution in [0.4, 0.5) is 0 Å². The van der Waals surface area contributed by atoms with Crippen LogP contribution in [0, 0.1) is 6.92 Å². The van der Waals surface area contributed by atoms with E-state index in [4.69, 9.17) is 4.74 Å². The summed E-state index contributed by atoms with van der Waals surface area (Å²) in [5.74, 6) is 1.03. The summed E-state index contributed by atoms with van der Waals surface area (Å²) in [4.78, 5) is 22.9. The summed E-state index contributed by atoms with van der Waals surface area (Å²) >= 11 is 0. The van der Waals surface area contributed by atoms with Crippen molar-refractivity contribution in [1.82, 2.24) is 14.9 Å². The standard InChI is InChI=1S/C20H25N3O2/c1-14-7-9-15(10-8-14)16-13-21-19(22-16)17-5-2-3-11-23(17)20(24)18-6-4-12-25-18/h7-10,13,17-18H,2-6,11-12H2,1H3,(H,21,22)/t17-,18-/m1/s1. The van der Waals surface area contributed by atoms with Crippen molar-refractivity contribution in [2.45, 2.75) is 51.2 Å². The zero-order valence-corrected chi connectivity index (χ0v) is 14.7. The summed E-state index contributed by atoms with van der Waals surface area (Å²) in [7, 11) is 0. The van der Waals surface area contributed by atoms with Crippen molar-refractivity contribution >= 4 is 5.91 Å². The number of benzene rings is 1. The van der Waals surface area contributed by atoms with Gasteiger partial charge in [-0.15, -0.1) is 0 Å².